The van der Waals surface area contributed by atoms with Crippen molar-refractivity contribution in [3.63, 3.8) is 0 Å². The Morgan fingerprint density at radius 3 is 2.72 bits per heavy atom. The number of pyridine rings is 1. The molecule has 100 valence electrons. The molecule has 1 aromatic rings. The van der Waals surface area contributed by atoms with Crippen molar-refractivity contribution in [2.45, 2.75) is 12.8 Å². The Kier molecular flexibility index (Phi) is 5.36. The standard InChI is InChI=1S/C10H13ClN2O4S/c11-3-1-2-4-18(16,17)13-9-5-8(10(14)15)6-12-7-9/h5-7,13H,1-4H2,(H,14,15). The first kappa shape index (κ1) is 14.7. The molecule has 0 radical (unpaired) electrons. The van der Waals surface area contributed by atoms with E-state index in [4.69, 9.17) is 16.7 Å². The molecule has 0 atom stereocenters. The predicted octanol–water partition coefficient (Wildman–Crippen LogP) is 1.54. The van der Waals surface area contributed by atoms with E-state index in [0.717, 1.165) is 6.20 Å². The molecule has 0 amide bonds. The fourth-order valence-electron chi connectivity index (χ4n) is 1.23. The SMILES string of the molecule is O=C(O)c1cncc(NS(=O)(=O)CCCCCl)c1. The van der Waals surface area contributed by atoms with E-state index in [9.17, 15) is 13.2 Å². The Bertz CT molecular complexity index is 518. The fraction of sp³-hybridized carbons (Fsp3) is 0.400. The molecule has 0 aliphatic heterocycles. The summed E-state index contributed by atoms with van der Waals surface area (Å²) in [5.41, 5.74) is 0.0664. The summed E-state index contributed by atoms with van der Waals surface area (Å²) in [6.07, 6.45) is 3.46. The lowest BCUT2D eigenvalue weighted by atomic mass is 10.3. The number of sulfonamides is 1. The van der Waals surface area contributed by atoms with Crippen LogP contribution in [0, 0.1) is 0 Å². The second kappa shape index (κ2) is 6.55. The van der Waals surface area contributed by atoms with Crippen molar-refractivity contribution in [1.82, 2.24) is 4.98 Å². The first-order valence-electron chi connectivity index (χ1n) is 5.19. The Labute approximate surface area is 110 Å². The molecule has 8 heteroatoms. The van der Waals surface area contributed by atoms with E-state index >= 15 is 0 Å². The van der Waals surface area contributed by atoms with Gasteiger partial charge in [0.2, 0.25) is 10.0 Å². The van der Waals surface area contributed by atoms with Crippen LogP contribution < -0.4 is 4.72 Å². The third-order valence-corrected chi connectivity index (χ3v) is 3.70. The van der Waals surface area contributed by atoms with Crippen LogP contribution in [0.25, 0.3) is 0 Å². The quantitative estimate of drug-likeness (QED) is 0.587. The van der Waals surface area contributed by atoms with Crippen LogP contribution in [0.1, 0.15) is 23.2 Å². The maximum Gasteiger partial charge on any atom is 0.337 e. The van der Waals surface area contributed by atoms with Gasteiger partial charge >= 0.3 is 5.97 Å². The van der Waals surface area contributed by atoms with Gasteiger partial charge in [0.1, 0.15) is 0 Å². The van der Waals surface area contributed by atoms with Crippen LogP contribution in [0.15, 0.2) is 18.5 Å². The molecule has 6 nitrogen and oxygen atoms in total. The largest absolute Gasteiger partial charge is 0.478 e. The second-order valence-corrected chi connectivity index (χ2v) is 5.80. The summed E-state index contributed by atoms with van der Waals surface area (Å²) in [7, 11) is -3.49. The smallest absolute Gasteiger partial charge is 0.337 e. The summed E-state index contributed by atoms with van der Waals surface area (Å²) >= 11 is 5.46. The molecule has 0 unspecified atom stereocenters. The van der Waals surface area contributed by atoms with E-state index in [1.165, 1.54) is 12.3 Å². The maximum atomic E-state index is 11.6. The highest BCUT2D eigenvalue weighted by Crippen LogP contribution is 2.11. The molecule has 1 aromatic heterocycles. The van der Waals surface area contributed by atoms with Crippen LogP contribution in [-0.2, 0) is 10.0 Å². The van der Waals surface area contributed by atoms with Gasteiger partial charge in [0, 0.05) is 12.1 Å². The van der Waals surface area contributed by atoms with Gasteiger partial charge in [-0.1, -0.05) is 0 Å². The number of carboxylic acid groups (broad SMARTS) is 1. The number of rotatable bonds is 7. The summed E-state index contributed by atoms with van der Waals surface area (Å²) in [6, 6.07) is 1.22. The zero-order chi connectivity index (χ0) is 13.6. The van der Waals surface area contributed by atoms with Crippen LogP contribution in [0.5, 0.6) is 0 Å². The van der Waals surface area contributed by atoms with Gasteiger partial charge in [0.25, 0.3) is 0 Å². The molecule has 0 aliphatic rings. The zero-order valence-corrected chi connectivity index (χ0v) is 11.0. The lowest BCUT2D eigenvalue weighted by Gasteiger charge is -2.07. The predicted molar refractivity (Wildman–Crippen MR) is 68.6 cm³/mol. The van der Waals surface area contributed by atoms with Crippen molar-refractivity contribution < 1.29 is 18.3 Å². The fourth-order valence-corrected chi connectivity index (χ4v) is 2.58. The third kappa shape index (κ3) is 4.89. The van der Waals surface area contributed by atoms with Crippen molar-refractivity contribution in [2.75, 3.05) is 16.4 Å². The Hall–Kier alpha value is -1.34. The van der Waals surface area contributed by atoms with Crippen LogP contribution in [0.4, 0.5) is 5.69 Å². The summed E-state index contributed by atoms with van der Waals surface area (Å²) in [5.74, 6) is -0.812. The molecule has 0 fully saturated rings. The molecule has 1 rings (SSSR count). The first-order valence-corrected chi connectivity index (χ1v) is 7.38. The van der Waals surface area contributed by atoms with Gasteiger partial charge in [-0.3, -0.25) is 9.71 Å². The summed E-state index contributed by atoms with van der Waals surface area (Å²) in [4.78, 5) is 14.4. The number of hydrogen-bond acceptors (Lipinski definition) is 4. The Balaban J connectivity index is 2.72. The van der Waals surface area contributed by atoms with Gasteiger partial charge < -0.3 is 5.11 Å². The maximum absolute atomic E-state index is 11.6. The van der Waals surface area contributed by atoms with Gasteiger partial charge in [-0.05, 0) is 18.9 Å². The van der Waals surface area contributed by atoms with E-state index in [0.29, 0.717) is 18.7 Å². The average molecular weight is 293 g/mol. The summed E-state index contributed by atoms with van der Waals surface area (Å²) in [6.45, 7) is 0. The number of nitrogens with zero attached hydrogens (tertiary/aromatic N) is 1. The number of aromatic nitrogens is 1. The molecule has 0 spiro atoms. The van der Waals surface area contributed by atoms with Crippen molar-refractivity contribution in [1.29, 1.82) is 0 Å². The zero-order valence-electron chi connectivity index (χ0n) is 9.47. The van der Waals surface area contributed by atoms with Gasteiger partial charge in [0.05, 0.1) is 23.2 Å². The number of anilines is 1. The van der Waals surface area contributed by atoms with E-state index in [1.54, 1.807) is 0 Å². The van der Waals surface area contributed by atoms with E-state index < -0.39 is 16.0 Å². The lowest BCUT2D eigenvalue weighted by molar-refractivity contribution is 0.0696. The van der Waals surface area contributed by atoms with E-state index in [1.807, 2.05) is 0 Å². The molecule has 1 heterocycles. The summed E-state index contributed by atoms with van der Waals surface area (Å²) in [5, 5.41) is 8.75. The van der Waals surface area contributed by atoms with Crippen LogP contribution in [-0.4, -0.2) is 36.1 Å². The molecule has 0 aromatic carbocycles. The van der Waals surface area contributed by atoms with E-state index in [-0.39, 0.29) is 17.0 Å². The topological polar surface area (TPSA) is 96.4 Å². The molecule has 18 heavy (non-hydrogen) atoms. The van der Waals surface area contributed by atoms with Gasteiger partial charge in [-0.2, -0.15) is 0 Å². The minimum atomic E-state index is -3.49. The first-order chi connectivity index (χ1) is 8.44. The third-order valence-electron chi connectivity index (χ3n) is 2.06. The van der Waals surface area contributed by atoms with Gasteiger partial charge in [0.15, 0.2) is 0 Å². The van der Waals surface area contributed by atoms with Crippen LogP contribution >= 0.6 is 11.6 Å². The number of carbonyl (C=O) groups is 1. The van der Waals surface area contributed by atoms with E-state index in [2.05, 4.69) is 9.71 Å². The normalized spacial score (nSPS) is 11.2. The van der Waals surface area contributed by atoms with Crippen molar-refractivity contribution in [3.8, 4) is 0 Å². The Morgan fingerprint density at radius 1 is 1.39 bits per heavy atom. The molecule has 2 N–H and O–H groups in total. The number of nitrogens with one attached hydrogen (secondary N) is 1. The lowest BCUT2D eigenvalue weighted by Crippen LogP contribution is -2.17. The number of halogens is 1. The number of alkyl halides is 1. The van der Waals surface area contributed by atoms with Crippen LogP contribution in [0.2, 0.25) is 0 Å². The van der Waals surface area contributed by atoms with Crippen molar-refractivity contribution in [3.05, 3.63) is 24.0 Å². The molecule has 0 saturated heterocycles. The number of unbranched alkanes of at least 4 members (excludes halogenated alkanes) is 1. The number of hydrogen-bond donors (Lipinski definition) is 2. The average Bonchev–Trinajstić information content (AvgIpc) is 2.28. The molecular formula is C10H13ClN2O4S. The Morgan fingerprint density at radius 2 is 2.11 bits per heavy atom. The highest BCUT2D eigenvalue weighted by Gasteiger charge is 2.11. The monoisotopic (exact) mass is 292 g/mol. The van der Waals surface area contributed by atoms with Crippen molar-refractivity contribution in [2.24, 2.45) is 0 Å². The molecule has 0 saturated carbocycles. The van der Waals surface area contributed by atoms with Crippen molar-refractivity contribution >= 4 is 33.3 Å². The van der Waals surface area contributed by atoms with Crippen LogP contribution in [0.3, 0.4) is 0 Å². The molecular weight excluding hydrogens is 280 g/mol. The highest BCUT2D eigenvalue weighted by atomic mass is 35.5. The van der Waals surface area contributed by atoms with Gasteiger partial charge in [-0.15, -0.1) is 11.6 Å². The second-order valence-electron chi connectivity index (χ2n) is 3.58. The summed E-state index contributed by atoms with van der Waals surface area (Å²) < 4.78 is 25.5. The minimum Gasteiger partial charge on any atom is -0.478 e. The van der Waals surface area contributed by atoms with Gasteiger partial charge in [-0.25, -0.2) is 13.2 Å². The number of carboxylic acids is 1. The number of aromatic carboxylic acids is 1. The minimum absolute atomic E-state index is 0.0585. The highest BCUT2D eigenvalue weighted by molar-refractivity contribution is 7.92. The molecule has 0 bridgehead atoms. The molecule has 0 aliphatic carbocycles.